The molecule has 1 aromatic heterocycles. The van der Waals surface area contributed by atoms with Gasteiger partial charge in [-0.25, -0.2) is 4.98 Å². The van der Waals surface area contributed by atoms with Crippen LogP contribution in [0.4, 0.5) is 5.13 Å². The monoisotopic (exact) mass is 441 g/mol. The number of rotatable bonds is 7. The van der Waals surface area contributed by atoms with Gasteiger partial charge < -0.3 is 10.6 Å². The number of amides is 2. The minimum absolute atomic E-state index is 0.228. The second-order valence-electron chi connectivity index (χ2n) is 7.38. The highest BCUT2D eigenvalue weighted by atomic mass is 32.1. The molecule has 160 valence electrons. The quantitative estimate of drug-likeness (QED) is 0.420. The average molecular weight is 442 g/mol. The van der Waals surface area contributed by atoms with E-state index in [1.807, 2.05) is 96.4 Å². The van der Waals surface area contributed by atoms with Crippen LogP contribution in [-0.4, -0.2) is 22.8 Å². The fraction of sp³-hybridized carbons (Fsp3) is 0.115. The lowest BCUT2D eigenvalue weighted by atomic mass is 9.90. The van der Waals surface area contributed by atoms with Crippen molar-refractivity contribution in [2.45, 2.75) is 18.9 Å². The highest BCUT2D eigenvalue weighted by Crippen LogP contribution is 2.26. The van der Waals surface area contributed by atoms with Crippen LogP contribution in [0.1, 0.15) is 24.0 Å². The Labute approximate surface area is 191 Å². The van der Waals surface area contributed by atoms with E-state index < -0.39 is 12.0 Å². The molecule has 0 radical (unpaired) electrons. The summed E-state index contributed by atoms with van der Waals surface area (Å²) in [7, 11) is 0. The second-order valence-corrected chi connectivity index (χ2v) is 8.24. The Morgan fingerprint density at radius 1 is 0.781 bits per heavy atom. The maximum atomic E-state index is 13.2. The smallest absolute Gasteiger partial charge is 0.248 e. The van der Waals surface area contributed by atoms with E-state index in [0.717, 1.165) is 22.4 Å². The van der Waals surface area contributed by atoms with Crippen molar-refractivity contribution < 1.29 is 9.59 Å². The van der Waals surface area contributed by atoms with E-state index in [2.05, 4.69) is 15.6 Å². The van der Waals surface area contributed by atoms with Crippen molar-refractivity contribution in [2.24, 2.45) is 0 Å². The van der Waals surface area contributed by atoms with Gasteiger partial charge in [0, 0.05) is 10.9 Å². The van der Waals surface area contributed by atoms with Crippen LogP contribution in [0.5, 0.6) is 0 Å². The van der Waals surface area contributed by atoms with Gasteiger partial charge in [0.1, 0.15) is 6.04 Å². The minimum atomic E-state index is -0.721. The minimum Gasteiger partial charge on any atom is -0.344 e. The van der Waals surface area contributed by atoms with Gasteiger partial charge in [0.2, 0.25) is 11.8 Å². The number of hydrogen-bond acceptors (Lipinski definition) is 4. The number of carbonyl (C=O) groups is 2. The fourth-order valence-electron chi connectivity index (χ4n) is 3.43. The van der Waals surface area contributed by atoms with E-state index in [9.17, 15) is 9.59 Å². The summed E-state index contributed by atoms with van der Waals surface area (Å²) in [6.45, 7) is 1.67. The molecule has 0 aliphatic rings. The summed E-state index contributed by atoms with van der Waals surface area (Å²) in [5, 5.41) is 8.07. The van der Waals surface area contributed by atoms with Crippen molar-refractivity contribution >= 4 is 28.3 Å². The SMILES string of the molecule is C[C@H](NC(=O)C(c1ccccc1)c1ccccc1)C(=O)Nc1nc(-c2ccccc2)cs1. The number of carbonyl (C=O) groups excluding carboxylic acids is 2. The lowest BCUT2D eigenvalue weighted by molar-refractivity contribution is -0.126. The molecule has 5 nitrogen and oxygen atoms in total. The molecule has 32 heavy (non-hydrogen) atoms. The number of nitrogens with one attached hydrogen (secondary N) is 2. The third-order valence-electron chi connectivity index (χ3n) is 5.08. The summed E-state index contributed by atoms with van der Waals surface area (Å²) >= 11 is 1.35. The standard InChI is InChI=1S/C26H23N3O2S/c1-18(24(30)29-26-28-22(17-32-26)19-11-5-2-6-12-19)27-25(31)23(20-13-7-3-8-14-20)21-15-9-4-10-16-21/h2-18,23H,1H3,(H,27,31)(H,28,29,30)/t18-/m0/s1. The van der Waals surface area contributed by atoms with E-state index in [4.69, 9.17) is 0 Å². The molecule has 2 amide bonds. The van der Waals surface area contributed by atoms with E-state index in [-0.39, 0.29) is 11.8 Å². The molecule has 1 heterocycles. The van der Waals surface area contributed by atoms with Gasteiger partial charge in [-0.3, -0.25) is 9.59 Å². The van der Waals surface area contributed by atoms with Gasteiger partial charge in [-0.1, -0.05) is 91.0 Å². The lowest BCUT2D eigenvalue weighted by Crippen LogP contribution is -2.43. The Balaban J connectivity index is 1.45. The third kappa shape index (κ3) is 5.10. The Morgan fingerprint density at radius 3 is 1.88 bits per heavy atom. The summed E-state index contributed by atoms with van der Waals surface area (Å²) in [5.74, 6) is -1.04. The molecular formula is C26H23N3O2S. The van der Waals surface area contributed by atoms with Crippen molar-refractivity contribution in [3.63, 3.8) is 0 Å². The van der Waals surface area contributed by atoms with E-state index in [1.54, 1.807) is 6.92 Å². The molecule has 0 unspecified atom stereocenters. The Bertz CT molecular complexity index is 1140. The van der Waals surface area contributed by atoms with E-state index in [1.165, 1.54) is 11.3 Å². The molecule has 0 fully saturated rings. The van der Waals surface area contributed by atoms with Crippen LogP contribution in [0.3, 0.4) is 0 Å². The molecule has 1 atom stereocenters. The molecule has 0 bridgehead atoms. The zero-order valence-electron chi connectivity index (χ0n) is 17.6. The van der Waals surface area contributed by atoms with Gasteiger partial charge in [-0.15, -0.1) is 11.3 Å². The normalized spacial score (nSPS) is 11.7. The molecule has 3 aromatic carbocycles. The van der Waals surface area contributed by atoms with Crippen LogP contribution >= 0.6 is 11.3 Å². The average Bonchev–Trinajstić information content (AvgIpc) is 3.29. The molecule has 4 rings (SSSR count). The molecule has 0 saturated heterocycles. The third-order valence-corrected chi connectivity index (χ3v) is 5.84. The summed E-state index contributed by atoms with van der Waals surface area (Å²) in [4.78, 5) is 30.4. The van der Waals surface area contributed by atoms with Gasteiger partial charge in [0.05, 0.1) is 11.6 Å². The van der Waals surface area contributed by atoms with Crippen LogP contribution < -0.4 is 10.6 Å². The zero-order valence-corrected chi connectivity index (χ0v) is 18.4. The van der Waals surface area contributed by atoms with E-state index in [0.29, 0.717) is 5.13 Å². The highest BCUT2D eigenvalue weighted by molar-refractivity contribution is 7.14. The number of anilines is 1. The number of nitrogens with zero attached hydrogens (tertiary/aromatic N) is 1. The van der Waals surface area contributed by atoms with Crippen LogP contribution in [0.25, 0.3) is 11.3 Å². The lowest BCUT2D eigenvalue weighted by Gasteiger charge is -2.20. The summed E-state index contributed by atoms with van der Waals surface area (Å²) in [6, 6.07) is 28.2. The largest absolute Gasteiger partial charge is 0.344 e. The molecule has 2 N–H and O–H groups in total. The second kappa shape index (κ2) is 10.0. The van der Waals surface area contributed by atoms with Crippen molar-refractivity contribution in [3.8, 4) is 11.3 Å². The van der Waals surface area contributed by atoms with Crippen LogP contribution in [-0.2, 0) is 9.59 Å². The van der Waals surface area contributed by atoms with E-state index >= 15 is 0 Å². The number of hydrogen-bond donors (Lipinski definition) is 2. The first-order valence-corrected chi connectivity index (χ1v) is 11.2. The van der Waals surface area contributed by atoms with Crippen LogP contribution in [0.2, 0.25) is 0 Å². The van der Waals surface area contributed by atoms with Crippen LogP contribution in [0, 0.1) is 0 Å². The number of benzene rings is 3. The van der Waals surface area contributed by atoms with Crippen molar-refractivity contribution in [1.82, 2.24) is 10.3 Å². The van der Waals surface area contributed by atoms with Crippen molar-refractivity contribution in [1.29, 1.82) is 0 Å². The first-order valence-electron chi connectivity index (χ1n) is 10.3. The molecule has 4 aromatic rings. The first kappa shape index (κ1) is 21.5. The summed E-state index contributed by atoms with van der Waals surface area (Å²) in [6.07, 6.45) is 0. The summed E-state index contributed by atoms with van der Waals surface area (Å²) in [5.41, 5.74) is 3.53. The Hall–Kier alpha value is -3.77. The topological polar surface area (TPSA) is 71.1 Å². The Kier molecular flexibility index (Phi) is 6.72. The van der Waals surface area contributed by atoms with Gasteiger partial charge in [0.25, 0.3) is 0 Å². The maximum absolute atomic E-state index is 13.2. The summed E-state index contributed by atoms with van der Waals surface area (Å²) < 4.78 is 0. The fourth-order valence-corrected chi connectivity index (χ4v) is 4.16. The van der Waals surface area contributed by atoms with Gasteiger partial charge in [-0.2, -0.15) is 0 Å². The van der Waals surface area contributed by atoms with Crippen molar-refractivity contribution in [3.05, 3.63) is 108 Å². The predicted molar refractivity (Wildman–Crippen MR) is 129 cm³/mol. The van der Waals surface area contributed by atoms with Gasteiger partial charge in [-0.05, 0) is 18.1 Å². The maximum Gasteiger partial charge on any atom is 0.248 e. The highest BCUT2D eigenvalue weighted by Gasteiger charge is 2.26. The van der Waals surface area contributed by atoms with Crippen LogP contribution in [0.15, 0.2) is 96.4 Å². The van der Waals surface area contributed by atoms with Crippen molar-refractivity contribution in [2.75, 3.05) is 5.32 Å². The number of aromatic nitrogens is 1. The van der Waals surface area contributed by atoms with Gasteiger partial charge in [0.15, 0.2) is 5.13 Å². The molecule has 0 aliphatic heterocycles. The molecule has 0 aliphatic carbocycles. The van der Waals surface area contributed by atoms with Gasteiger partial charge >= 0.3 is 0 Å². The predicted octanol–water partition coefficient (Wildman–Crippen LogP) is 5.09. The molecule has 0 spiro atoms. The Morgan fingerprint density at radius 2 is 1.31 bits per heavy atom. The first-order chi connectivity index (χ1) is 15.6. The zero-order chi connectivity index (χ0) is 22.3. The molecule has 0 saturated carbocycles. The number of thiazole rings is 1. The molecule has 6 heteroatoms. The molecular weight excluding hydrogens is 418 g/mol.